The Kier molecular flexibility index (Phi) is 6.08. The van der Waals surface area contributed by atoms with Crippen molar-refractivity contribution in [1.82, 2.24) is 9.55 Å². The molecule has 1 atom stereocenters. The summed E-state index contributed by atoms with van der Waals surface area (Å²) in [7, 11) is -3.22. The van der Waals surface area contributed by atoms with Gasteiger partial charge in [-0.15, -0.1) is 11.3 Å². The Morgan fingerprint density at radius 2 is 2.03 bits per heavy atom. The molecule has 0 saturated carbocycles. The summed E-state index contributed by atoms with van der Waals surface area (Å²) < 4.78 is 31.0. The van der Waals surface area contributed by atoms with Gasteiger partial charge in [0.2, 0.25) is 0 Å². The van der Waals surface area contributed by atoms with Gasteiger partial charge in [0, 0.05) is 17.9 Å². The number of nitrogens with zero attached hydrogens (tertiary/aromatic N) is 2. The second kappa shape index (κ2) is 8.69. The smallest absolute Gasteiger partial charge is 0.349 e. The summed E-state index contributed by atoms with van der Waals surface area (Å²) in [6.45, 7) is 1.70. The summed E-state index contributed by atoms with van der Waals surface area (Å²) in [5.41, 5.74) is 2.40. The van der Waals surface area contributed by atoms with Crippen LogP contribution in [-0.2, 0) is 15.6 Å². The van der Waals surface area contributed by atoms with Crippen molar-refractivity contribution >= 4 is 49.8 Å². The third-order valence-electron chi connectivity index (χ3n) is 4.91. The lowest BCUT2D eigenvalue weighted by molar-refractivity contribution is 0.0695. The molecule has 2 aromatic heterocycles. The number of carboxylic acids is 1. The van der Waals surface area contributed by atoms with Crippen LogP contribution in [-0.4, -0.2) is 40.4 Å². The van der Waals surface area contributed by atoms with Gasteiger partial charge in [-0.3, -0.25) is 4.57 Å². The van der Waals surface area contributed by atoms with Gasteiger partial charge in [-0.2, -0.15) is 0 Å². The first-order valence-corrected chi connectivity index (χ1v) is 12.9. The number of imidazole rings is 1. The minimum atomic E-state index is -3.22. The number of benzene rings is 2. The Bertz CT molecular complexity index is 1480. The second-order valence-electron chi connectivity index (χ2n) is 7.53. The number of hydrogen-bond acceptors (Lipinski definition) is 7. The number of thiophene rings is 1. The van der Waals surface area contributed by atoms with Crippen molar-refractivity contribution in [3.8, 4) is 16.5 Å². The number of aromatic nitrogens is 2. The van der Waals surface area contributed by atoms with E-state index >= 15 is 0 Å². The zero-order chi connectivity index (χ0) is 23.9. The molecule has 8 nitrogen and oxygen atoms in total. The summed E-state index contributed by atoms with van der Waals surface area (Å²) in [4.78, 5) is 16.2. The largest absolute Gasteiger partial charge is 0.506 e. The maximum atomic E-state index is 11.9. The predicted octanol–water partition coefficient (Wildman–Crippen LogP) is 4.83. The lowest BCUT2D eigenvalue weighted by Gasteiger charge is -2.16. The molecular weight excluding hydrogens is 488 g/mol. The highest BCUT2D eigenvalue weighted by Gasteiger charge is 2.22. The van der Waals surface area contributed by atoms with Gasteiger partial charge >= 0.3 is 5.97 Å². The molecule has 0 spiro atoms. The number of hydrogen-bond donors (Lipinski definition) is 2. The zero-order valence-electron chi connectivity index (χ0n) is 17.5. The fourth-order valence-corrected chi connectivity index (χ4v) is 5.42. The third kappa shape index (κ3) is 4.82. The van der Waals surface area contributed by atoms with Crippen molar-refractivity contribution in [3.05, 3.63) is 69.8 Å². The van der Waals surface area contributed by atoms with Crippen LogP contribution in [0.5, 0.6) is 11.5 Å². The first-order valence-electron chi connectivity index (χ1n) is 9.68. The summed E-state index contributed by atoms with van der Waals surface area (Å²) in [6.07, 6.45) is 2.08. The summed E-state index contributed by atoms with van der Waals surface area (Å²) in [5.74, 6) is -1.22. The normalized spacial score (nSPS) is 12.7. The van der Waals surface area contributed by atoms with Gasteiger partial charge in [0.05, 0.1) is 21.8 Å². The molecule has 0 radical (unpaired) electrons. The number of rotatable bonds is 7. The molecule has 0 aliphatic carbocycles. The molecule has 33 heavy (non-hydrogen) atoms. The van der Waals surface area contributed by atoms with Gasteiger partial charge in [-0.05, 0) is 30.7 Å². The van der Waals surface area contributed by atoms with Gasteiger partial charge in [0.15, 0.2) is 14.7 Å². The van der Waals surface area contributed by atoms with Crippen LogP contribution >= 0.6 is 22.9 Å². The van der Waals surface area contributed by atoms with Crippen molar-refractivity contribution in [1.29, 1.82) is 0 Å². The van der Waals surface area contributed by atoms with Gasteiger partial charge in [0.25, 0.3) is 0 Å². The average molecular weight is 507 g/mol. The maximum Gasteiger partial charge on any atom is 0.349 e. The van der Waals surface area contributed by atoms with Crippen molar-refractivity contribution < 1.29 is 28.2 Å². The fourth-order valence-electron chi connectivity index (χ4n) is 3.44. The van der Waals surface area contributed by atoms with Crippen LogP contribution in [0.25, 0.3) is 16.0 Å². The van der Waals surface area contributed by atoms with E-state index in [1.807, 2.05) is 0 Å². The molecule has 2 N–H and O–H groups in total. The molecule has 0 bridgehead atoms. The number of aromatic hydroxyl groups is 1. The molecule has 0 saturated heterocycles. The number of fused-ring (bicyclic) bond motifs is 1. The average Bonchev–Trinajstić information content (AvgIpc) is 3.32. The zero-order valence-corrected chi connectivity index (χ0v) is 19.9. The predicted molar refractivity (Wildman–Crippen MR) is 127 cm³/mol. The Morgan fingerprint density at radius 1 is 1.27 bits per heavy atom. The molecule has 11 heteroatoms. The monoisotopic (exact) mass is 506 g/mol. The highest BCUT2D eigenvalue weighted by molar-refractivity contribution is 7.89. The van der Waals surface area contributed by atoms with E-state index < -0.39 is 21.9 Å². The van der Waals surface area contributed by atoms with Crippen LogP contribution in [0, 0.1) is 0 Å². The molecule has 2 aromatic carbocycles. The number of phenolic OH excluding ortho intramolecular Hbond substituents is 1. The molecule has 172 valence electrons. The van der Waals surface area contributed by atoms with E-state index in [4.69, 9.17) is 16.3 Å². The third-order valence-corrected chi connectivity index (χ3v) is 7.28. The first-order chi connectivity index (χ1) is 15.5. The van der Waals surface area contributed by atoms with Crippen LogP contribution in [0.4, 0.5) is 0 Å². The van der Waals surface area contributed by atoms with Crippen molar-refractivity contribution in [2.24, 2.45) is 0 Å². The lowest BCUT2D eigenvalue weighted by Crippen LogP contribution is -2.06. The number of ether oxygens (including phenoxy) is 1. The van der Waals surface area contributed by atoms with E-state index in [9.17, 15) is 23.4 Å². The Morgan fingerprint density at radius 3 is 2.73 bits per heavy atom. The molecule has 2 heterocycles. The molecule has 0 fully saturated rings. The number of sulfone groups is 1. The van der Waals surface area contributed by atoms with Crippen molar-refractivity contribution in [3.63, 3.8) is 0 Å². The summed E-state index contributed by atoms with van der Waals surface area (Å²) in [6, 6.07) is 11.5. The van der Waals surface area contributed by atoms with Crippen LogP contribution in [0.2, 0.25) is 5.02 Å². The minimum absolute atomic E-state index is 0.0118. The molecule has 0 aliphatic rings. The standard InChI is InChI=1S/C22H19ClN2O6S2/c1-12(14-4-3-5-17(26)20(14)23)31-18-9-19(32-21(18)22(27)28)25-11-24-15-7-6-13(8-16(15)25)10-33(2,29)30/h3-9,11-12,26H,10H2,1-2H3,(H,27,28)/t12-/m1/s1. The molecule has 0 amide bonds. The number of halogens is 1. The number of aromatic carboxylic acids is 1. The topological polar surface area (TPSA) is 119 Å². The minimum Gasteiger partial charge on any atom is -0.506 e. The Labute approximate surface area is 198 Å². The van der Waals surface area contributed by atoms with Crippen molar-refractivity contribution in [2.45, 2.75) is 18.8 Å². The molecular formula is C22H19ClN2O6S2. The number of carboxylic acid groups (broad SMARTS) is 1. The van der Waals surface area contributed by atoms with E-state index in [1.54, 1.807) is 54.2 Å². The maximum absolute atomic E-state index is 11.9. The second-order valence-corrected chi connectivity index (χ2v) is 11.1. The van der Waals surface area contributed by atoms with Crippen LogP contribution in [0.1, 0.15) is 33.8 Å². The van der Waals surface area contributed by atoms with E-state index in [0.29, 0.717) is 27.2 Å². The summed E-state index contributed by atoms with van der Waals surface area (Å²) in [5, 5.41) is 20.2. The number of phenols is 1. The van der Waals surface area contributed by atoms with E-state index in [-0.39, 0.29) is 27.2 Å². The molecule has 0 aliphatic heterocycles. The lowest BCUT2D eigenvalue weighted by atomic mass is 10.1. The van der Waals surface area contributed by atoms with E-state index in [1.165, 1.54) is 6.07 Å². The quantitative estimate of drug-likeness (QED) is 0.368. The van der Waals surface area contributed by atoms with Crippen LogP contribution in [0.15, 0.2) is 48.8 Å². The SMILES string of the molecule is C[C@@H](Oc1cc(-n2cnc3ccc(CS(C)(=O)=O)cc32)sc1C(=O)O)c1cccc(O)c1Cl. The van der Waals surface area contributed by atoms with Crippen LogP contribution in [0.3, 0.4) is 0 Å². The fraction of sp³-hybridized carbons (Fsp3) is 0.182. The highest BCUT2D eigenvalue weighted by Crippen LogP contribution is 2.38. The van der Waals surface area contributed by atoms with E-state index in [0.717, 1.165) is 17.6 Å². The van der Waals surface area contributed by atoms with Crippen molar-refractivity contribution in [2.75, 3.05) is 6.26 Å². The Hall–Kier alpha value is -3.08. The van der Waals surface area contributed by atoms with Crippen LogP contribution < -0.4 is 4.74 Å². The van der Waals surface area contributed by atoms with Gasteiger partial charge in [-0.1, -0.05) is 29.8 Å². The molecule has 4 rings (SSSR count). The highest BCUT2D eigenvalue weighted by atomic mass is 35.5. The van der Waals surface area contributed by atoms with E-state index in [2.05, 4.69) is 4.98 Å². The molecule has 4 aromatic rings. The summed E-state index contributed by atoms with van der Waals surface area (Å²) >= 11 is 7.17. The number of carbonyl (C=O) groups is 1. The van der Waals surface area contributed by atoms with Gasteiger partial charge in [0.1, 0.15) is 28.9 Å². The molecule has 0 unspecified atom stereocenters. The van der Waals surface area contributed by atoms with Gasteiger partial charge < -0.3 is 14.9 Å². The first kappa shape index (κ1) is 23.1. The van der Waals surface area contributed by atoms with Gasteiger partial charge in [-0.25, -0.2) is 18.2 Å². The Balaban J connectivity index is 1.74.